The third-order valence-corrected chi connectivity index (χ3v) is 2.47. The summed E-state index contributed by atoms with van der Waals surface area (Å²) in [5.74, 6) is -0.144. The van der Waals surface area contributed by atoms with E-state index in [4.69, 9.17) is 0 Å². The fourth-order valence-corrected chi connectivity index (χ4v) is 1.61. The van der Waals surface area contributed by atoms with Gasteiger partial charge in [-0.1, -0.05) is 0 Å². The second kappa shape index (κ2) is 4.00. The van der Waals surface area contributed by atoms with Crippen molar-refractivity contribution in [3.63, 3.8) is 0 Å². The Hall–Kier alpha value is -1.40. The molecule has 1 aromatic rings. The van der Waals surface area contributed by atoms with Crippen molar-refractivity contribution >= 4 is 5.91 Å². The smallest absolute Gasteiger partial charge is 0.244 e. The van der Waals surface area contributed by atoms with Crippen molar-refractivity contribution in [2.45, 2.75) is 18.8 Å². The van der Waals surface area contributed by atoms with Crippen LogP contribution < -0.4 is 0 Å². The quantitative estimate of drug-likeness (QED) is 0.620. The number of aliphatic hydroxyl groups is 2. The van der Waals surface area contributed by atoms with Gasteiger partial charge in [0.2, 0.25) is 5.91 Å². The summed E-state index contributed by atoms with van der Waals surface area (Å²) in [7, 11) is 0. The summed E-state index contributed by atoms with van der Waals surface area (Å²) in [4.78, 5) is 13.1. The molecule has 2 heterocycles. The van der Waals surface area contributed by atoms with Crippen molar-refractivity contribution in [1.29, 1.82) is 0 Å². The molecule has 82 valence electrons. The van der Waals surface area contributed by atoms with Gasteiger partial charge >= 0.3 is 0 Å². The number of carbonyl (C=O) groups is 1. The van der Waals surface area contributed by atoms with Crippen LogP contribution in [0, 0.1) is 0 Å². The number of nitrogens with zero attached hydrogens (tertiary/aromatic N) is 3. The first kappa shape index (κ1) is 10.1. The maximum atomic E-state index is 11.6. The van der Waals surface area contributed by atoms with Gasteiger partial charge in [-0.2, -0.15) is 5.10 Å². The van der Waals surface area contributed by atoms with Gasteiger partial charge < -0.3 is 15.1 Å². The minimum Gasteiger partial charge on any atom is -0.388 e. The van der Waals surface area contributed by atoms with Crippen molar-refractivity contribution in [3.05, 3.63) is 18.5 Å². The number of β-amino-alcohol motifs (C(OH)–C–C–N with tert-alkyl or cyclic N) is 2. The molecular formula is C9H13N3O3. The first-order valence-corrected chi connectivity index (χ1v) is 4.78. The van der Waals surface area contributed by atoms with Gasteiger partial charge in [0.25, 0.3) is 0 Å². The third-order valence-electron chi connectivity index (χ3n) is 2.47. The molecule has 6 nitrogen and oxygen atoms in total. The maximum Gasteiger partial charge on any atom is 0.244 e. The molecule has 0 aromatic carbocycles. The zero-order chi connectivity index (χ0) is 10.8. The third kappa shape index (κ3) is 2.16. The second-order valence-corrected chi connectivity index (χ2v) is 3.64. The van der Waals surface area contributed by atoms with Crippen LogP contribution in [-0.4, -0.2) is 56.1 Å². The monoisotopic (exact) mass is 211 g/mol. The van der Waals surface area contributed by atoms with Gasteiger partial charge in [-0.05, 0) is 6.07 Å². The molecule has 2 rings (SSSR count). The first-order chi connectivity index (χ1) is 7.16. The minimum absolute atomic E-state index is 0.144. The Morgan fingerprint density at radius 1 is 1.40 bits per heavy atom. The zero-order valence-corrected chi connectivity index (χ0v) is 8.15. The minimum atomic E-state index is -0.827. The van der Waals surface area contributed by atoms with Crippen LogP contribution in [-0.2, 0) is 11.3 Å². The van der Waals surface area contributed by atoms with Gasteiger partial charge in [0.1, 0.15) is 6.54 Å². The van der Waals surface area contributed by atoms with E-state index in [0.29, 0.717) is 0 Å². The highest BCUT2D eigenvalue weighted by atomic mass is 16.3. The molecule has 1 aromatic heterocycles. The standard InChI is InChI=1S/C9H13N3O3/c13-7-4-11(5-8(7)14)9(15)6-12-3-1-2-10-12/h1-3,7-8,13-14H,4-6H2/t7-,8+. The highest BCUT2D eigenvalue weighted by molar-refractivity contribution is 5.76. The molecule has 1 aliphatic heterocycles. The molecule has 1 saturated heterocycles. The van der Waals surface area contributed by atoms with Crippen LogP contribution in [0.2, 0.25) is 0 Å². The molecule has 2 atom stereocenters. The van der Waals surface area contributed by atoms with E-state index in [1.807, 2.05) is 0 Å². The molecule has 1 fully saturated rings. The predicted octanol–water partition coefficient (Wildman–Crippen LogP) is -1.55. The summed E-state index contributed by atoms with van der Waals surface area (Å²) in [6.45, 7) is 0.537. The number of aliphatic hydroxyl groups excluding tert-OH is 2. The predicted molar refractivity (Wildman–Crippen MR) is 50.8 cm³/mol. The average molecular weight is 211 g/mol. The molecular weight excluding hydrogens is 198 g/mol. The van der Waals surface area contributed by atoms with E-state index >= 15 is 0 Å². The van der Waals surface area contributed by atoms with Gasteiger partial charge in [0.05, 0.1) is 12.2 Å². The van der Waals surface area contributed by atoms with Crippen molar-refractivity contribution in [3.8, 4) is 0 Å². The number of carbonyl (C=O) groups excluding carboxylic acids is 1. The normalized spacial score (nSPS) is 25.9. The van der Waals surface area contributed by atoms with E-state index in [0.717, 1.165) is 0 Å². The maximum absolute atomic E-state index is 11.6. The molecule has 0 bridgehead atoms. The van der Waals surface area contributed by atoms with Crippen LogP contribution in [0.4, 0.5) is 0 Å². The molecule has 2 N–H and O–H groups in total. The van der Waals surface area contributed by atoms with E-state index in [1.165, 1.54) is 9.58 Å². The lowest BCUT2D eigenvalue weighted by Crippen LogP contribution is -2.33. The molecule has 1 amide bonds. The summed E-state index contributed by atoms with van der Waals surface area (Å²) in [6.07, 6.45) is 1.64. The first-order valence-electron chi connectivity index (χ1n) is 4.78. The van der Waals surface area contributed by atoms with Gasteiger partial charge in [-0.15, -0.1) is 0 Å². The fraction of sp³-hybridized carbons (Fsp3) is 0.556. The lowest BCUT2D eigenvalue weighted by atomic mass is 10.3. The Morgan fingerprint density at radius 2 is 2.07 bits per heavy atom. The average Bonchev–Trinajstić information content (AvgIpc) is 2.78. The molecule has 0 aliphatic carbocycles. The van der Waals surface area contributed by atoms with Gasteiger partial charge in [-0.3, -0.25) is 9.48 Å². The van der Waals surface area contributed by atoms with E-state index in [1.54, 1.807) is 18.5 Å². The van der Waals surface area contributed by atoms with Gasteiger partial charge in [-0.25, -0.2) is 0 Å². The van der Waals surface area contributed by atoms with Crippen LogP contribution >= 0.6 is 0 Å². The number of aromatic nitrogens is 2. The lowest BCUT2D eigenvalue weighted by molar-refractivity contribution is -0.131. The van der Waals surface area contributed by atoms with Crippen molar-refractivity contribution in [1.82, 2.24) is 14.7 Å². The van der Waals surface area contributed by atoms with E-state index in [2.05, 4.69) is 5.10 Å². The highest BCUT2D eigenvalue weighted by Gasteiger charge is 2.32. The van der Waals surface area contributed by atoms with Gasteiger partial charge in [0.15, 0.2) is 0 Å². The summed E-state index contributed by atoms with van der Waals surface area (Å²) in [5.41, 5.74) is 0. The van der Waals surface area contributed by atoms with Crippen molar-refractivity contribution < 1.29 is 15.0 Å². The Kier molecular flexibility index (Phi) is 2.70. The van der Waals surface area contributed by atoms with Crippen LogP contribution in [0.25, 0.3) is 0 Å². The Morgan fingerprint density at radius 3 is 2.60 bits per heavy atom. The number of hydrogen-bond donors (Lipinski definition) is 2. The molecule has 0 unspecified atom stereocenters. The molecule has 0 radical (unpaired) electrons. The van der Waals surface area contributed by atoms with Crippen molar-refractivity contribution in [2.75, 3.05) is 13.1 Å². The Labute approximate surface area is 86.7 Å². The molecule has 6 heteroatoms. The fourth-order valence-electron chi connectivity index (χ4n) is 1.61. The topological polar surface area (TPSA) is 78.6 Å². The molecule has 0 spiro atoms. The largest absolute Gasteiger partial charge is 0.388 e. The van der Waals surface area contributed by atoms with E-state index in [-0.39, 0.29) is 25.5 Å². The molecule has 1 aliphatic rings. The SMILES string of the molecule is O=C(Cn1cccn1)N1C[C@@H](O)[C@@H](O)C1. The number of likely N-dealkylation sites (tertiary alicyclic amines) is 1. The van der Waals surface area contributed by atoms with Crippen LogP contribution in [0.5, 0.6) is 0 Å². The van der Waals surface area contributed by atoms with Crippen LogP contribution in [0.15, 0.2) is 18.5 Å². The van der Waals surface area contributed by atoms with E-state index < -0.39 is 12.2 Å². The van der Waals surface area contributed by atoms with Crippen molar-refractivity contribution in [2.24, 2.45) is 0 Å². The second-order valence-electron chi connectivity index (χ2n) is 3.64. The van der Waals surface area contributed by atoms with Crippen LogP contribution in [0.1, 0.15) is 0 Å². The van der Waals surface area contributed by atoms with Gasteiger partial charge in [0, 0.05) is 25.5 Å². The number of rotatable bonds is 2. The summed E-state index contributed by atoms with van der Waals surface area (Å²) < 4.78 is 1.51. The number of amides is 1. The summed E-state index contributed by atoms with van der Waals surface area (Å²) in [5, 5.41) is 22.5. The zero-order valence-electron chi connectivity index (χ0n) is 8.15. The lowest BCUT2D eigenvalue weighted by Gasteiger charge is -2.14. The summed E-state index contributed by atoms with van der Waals surface area (Å²) >= 11 is 0. The van der Waals surface area contributed by atoms with E-state index in [9.17, 15) is 15.0 Å². The summed E-state index contributed by atoms with van der Waals surface area (Å²) in [6, 6.07) is 1.74. The molecule has 0 saturated carbocycles. The highest BCUT2D eigenvalue weighted by Crippen LogP contribution is 2.10. The molecule has 15 heavy (non-hydrogen) atoms. The Balaban J connectivity index is 1.92. The van der Waals surface area contributed by atoms with Crippen LogP contribution in [0.3, 0.4) is 0 Å². The Bertz CT molecular complexity index is 328. The number of hydrogen-bond acceptors (Lipinski definition) is 4.